The fourth-order valence-electron chi connectivity index (χ4n) is 3.11. The molecule has 6 nitrogen and oxygen atoms in total. The Morgan fingerprint density at radius 3 is 2.50 bits per heavy atom. The highest BCUT2D eigenvalue weighted by Gasteiger charge is 2.32. The van der Waals surface area contributed by atoms with Gasteiger partial charge in [0.2, 0.25) is 10.0 Å². The topological polar surface area (TPSA) is 65.1 Å². The summed E-state index contributed by atoms with van der Waals surface area (Å²) in [5.41, 5.74) is 2.10. The molecule has 140 valence electrons. The largest absolute Gasteiger partial charge is 0.493 e. The van der Waals surface area contributed by atoms with Crippen LogP contribution in [0.4, 0.5) is 0 Å². The predicted octanol–water partition coefficient (Wildman–Crippen LogP) is 2.77. The molecule has 0 spiro atoms. The Bertz CT molecular complexity index is 881. The normalized spacial score (nSPS) is 18.5. The van der Waals surface area contributed by atoms with Crippen LogP contribution in [0.3, 0.4) is 0 Å². The molecule has 0 bridgehead atoms. The fourth-order valence-corrected chi connectivity index (χ4v) is 4.55. The molecule has 0 N–H and O–H groups in total. The molecule has 26 heavy (non-hydrogen) atoms. The van der Waals surface area contributed by atoms with E-state index in [1.807, 2.05) is 31.2 Å². The summed E-state index contributed by atoms with van der Waals surface area (Å²) >= 11 is 0. The van der Waals surface area contributed by atoms with E-state index in [2.05, 4.69) is 0 Å². The first kappa shape index (κ1) is 18.7. The van der Waals surface area contributed by atoms with Crippen LogP contribution < -0.4 is 9.47 Å². The number of rotatable bonds is 5. The van der Waals surface area contributed by atoms with Crippen LogP contribution in [-0.4, -0.2) is 46.6 Å². The van der Waals surface area contributed by atoms with Gasteiger partial charge in [0.1, 0.15) is 0 Å². The number of methoxy groups -OCH3 is 2. The summed E-state index contributed by atoms with van der Waals surface area (Å²) in [5.74, 6) is 0.878. The van der Waals surface area contributed by atoms with E-state index in [1.54, 1.807) is 6.07 Å². The minimum Gasteiger partial charge on any atom is -0.493 e. The highest BCUT2D eigenvalue weighted by atomic mass is 32.2. The number of hydrogen-bond donors (Lipinski definition) is 0. The Balaban J connectivity index is 1.89. The second-order valence-electron chi connectivity index (χ2n) is 6.10. The van der Waals surface area contributed by atoms with Gasteiger partial charge >= 0.3 is 0 Å². The molecule has 1 aliphatic heterocycles. The van der Waals surface area contributed by atoms with Gasteiger partial charge in [-0.2, -0.15) is 4.31 Å². The molecule has 1 atom stereocenters. The van der Waals surface area contributed by atoms with Crippen LogP contribution in [-0.2, 0) is 14.8 Å². The van der Waals surface area contributed by atoms with Crippen molar-refractivity contribution in [1.29, 1.82) is 0 Å². The molecule has 1 unspecified atom stereocenters. The third-order valence-electron chi connectivity index (χ3n) is 4.56. The number of ether oxygens (including phenoxy) is 3. The molecule has 0 aliphatic carbocycles. The van der Waals surface area contributed by atoms with Crippen molar-refractivity contribution in [3.8, 4) is 11.5 Å². The second-order valence-corrected chi connectivity index (χ2v) is 8.03. The Hall–Kier alpha value is -2.09. The number of hydrogen-bond acceptors (Lipinski definition) is 5. The zero-order valence-electron chi connectivity index (χ0n) is 15.1. The van der Waals surface area contributed by atoms with Gasteiger partial charge in [0.25, 0.3) is 0 Å². The first-order valence-electron chi connectivity index (χ1n) is 8.36. The summed E-state index contributed by atoms with van der Waals surface area (Å²) < 4.78 is 43.9. The van der Waals surface area contributed by atoms with Gasteiger partial charge in [-0.1, -0.05) is 24.3 Å². The molecule has 1 saturated heterocycles. The average molecular weight is 377 g/mol. The lowest BCUT2D eigenvalue weighted by molar-refractivity contribution is -0.00289. The number of aryl methyl sites for hydroxylation is 1. The van der Waals surface area contributed by atoms with Crippen molar-refractivity contribution in [1.82, 2.24) is 4.31 Å². The molecule has 2 aromatic rings. The SMILES string of the molecule is COc1ccc(S(=O)(=O)N2CCOC(c3ccccc3C)C2)cc1OC. The molecule has 0 saturated carbocycles. The lowest BCUT2D eigenvalue weighted by Gasteiger charge is -2.33. The molecule has 3 rings (SSSR count). The van der Waals surface area contributed by atoms with Gasteiger partial charge in [-0.3, -0.25) is 0 Å². The van der Waals surface area contributed by atoms with E-state index in [-0.39, 0.29) is 17.5 Å². The molecule has 0 radical (unpaired) electrons. The van der Waals surface area contributed by atoms with Crippen LogP contribution >= 0.6 is 0 Å². The maximum Gasteiger partial charge on any atom is 0.243 e. The van der Waals surface area contributed by atoms with Gasteiger partial charge in [0, 0.05) is 19.2 Å². The van der Waals surface area contributed by atoms with Gasteiger partial charge < -0.3 is 14.2 Å². The Kier molecular flexibility index (Phi) is 5.50. The summed E-state index contributed by atoms with van der Waals surface area (Å²) in [6.07, 6.45) is -0.278. The molecule has 2 aromatic carbocycles. The van der Waals surface area contributed by atoms with Gasteiger partial charge in [-0.15, -0.1) is 0 Å². The van der Waals surface area contributed by atoms with E-state index in [9.17, 15) is 8.42 Å². The summed E-state index contributed by atoms with van der Waals surface area (Å²) in [4.78, 5) is 0.181. The summed E-state index contributed by atoms with van der Waals surface area (Å²) in [6, 6.07) is 12.5. The highest BCUT2D eigenvalue weighted by molar-refractivity contribution is 7.89. The predicted molar refractivity (Wildman–Crippen MR) is 98.2 cm³/mol. The van der Waals surface area contributed by atoms with Crippen LogP contribution in [0.1, 0.15) is 17.2 Å². The van der Waals surface area contributed by atoms with Crippen LogP contribution in [0.25, 0.3) is 0 Å². The number of morpholine rings is 1. The van der Waals surface area contributed by atoms with Crippen molar-refractivity contribution >= 4 is 10.0 Å². The quantitative estimate of drug-likeness (QED) is 0.802. The second kappa shape index (κ2) is 7.65. The Morgan fingerprint density at radius 2 is 1.81 bits per heavy atom. The van der Waals surface area contributed by atoms with Crippen LogP contribution in [0, 0.1) is 6.92 Å². The zero-order chi connectivity index (χ0) is 18.7. The van der Waals surface area contributed by atoms with E-state index in [1.165, 1.54) is 30.7 Å². The van der Waals surface area contributed by atoms with E-state index in [4.69, 9.17) is 14.2 Å². The molecular weight excluding hydrogens is 354 g/mol. The smallest absolute Gasteiger partial charge is 0.243 e. The van der Waals surface area contributed by atoms with Gasteiger partial charge in [0.15, 0.2) is 11.5 Å². The van der Waals surface area contributed by atoms with Crippen molar-refractivity contribution < 1.29 is 22.6 Å². The monoisotopic (exact) mass is 377 g/mol. The van der Waals surface area contributed by atoms with Crippen molar-refractivity contribution in [2.24, 2.45) is 0 Å². The maximum absolute atomic E-state index is 13.1. The van der Waals surface area contributed by atoms with Crippen molar-refractivity contribution in [2.75, 3.05) is 33.9 Å². The average Bonchev–Trinajstić information content (AvgIpc) is 2.67. The lowest BCUT2D eigenvalue weighted by Crippen LogP contribution is -2.42. The summed E-state index contributed by atoms with van der Waals surface area (Å²) in [7, 11) is -0.658. The molecule has 7 heteroatoms. The van der Waals surface area contributed by atoms with E-state index in [0.717, 1.165) is 11.1 Å². The third-order valence-corrected chi connectivity index (χ3v) is 6.42. The number of benzene rings is 2. The molecular formula is C19H23NO5S. The molecule has 0 amide bonds. The van der Waals surface area contributed by atoms with Gasteiger partial charge in [-0.05, 0) is 30.2 Å². The minimum atomic E-state index is -3.66. The van der Waals surface area contributed by atoms with Gasteiger partial charge in [-0.25, -0.2) is 8.42 Å². The first-order valence-corrected chi connectivity index (χ1v) is 9.80. The molecule has 0 aromatic heterocycles. The van der Waals surface area contributed by atoms with Gasteiger partial charge in [0.05, 0.1) is 31.8 Å². The van der Waals surface area contributed by atoms with Crippen molar-refractivity contribution in [3.05, 3.63) is 53.6 Å². The van der Waals surface area contributed by atoms with Crippen molar-refractivity contribution in [2.45, 2.75) is 17.9 Å². The van der Waals surface area contributed by atoms with E-state index in [0.29, 0.717) is 24.7 Å². The summed E-state index contributed by atoms with van der Waals surface area (Å²) in [6.45, 7) is 2.95. The number of sulfonamides is 1. The molecule has 1 aliphatic rings. The molecule has 1 fully saturated rings. The van der Waals surface area contributed by atoms with Crippen molar-refractivity contribution in [3.63, 3.8) is 0 Å². The third kappa shape index (κ3) is 3.56. The minimum absolute atomic E-state index is 0.181. The first-order chi connectivity index (χ1) is 12.5. The Labute approximate surface area is 154 Å². The van der Waals surface area contributed by atoms with E-state index < -0.39 is 10.0 Å². The highest BCUT2D eigenvalue weighted by Crippen LogP contribution is 2.32. The maximum atomic E-state index is 13.1. The standard InChI is InChI=1S/C19H23NO5S/c1-14-6-4-5-7-16(14)19-13-20(10-11-25-19)26(21,22)15-8-9-17(23-2)18(12-15)24-3/h4-9,12,19H,10-11,13H2,1-3H3. The van der Waals surface area contributed by atoms with E-state index >= 15 is 0 Å². The lowest BCUT2D eigenvalue weighted by atomic mass is 10.0. The van der Waals surface area contributed by atoms with Crippen LogP contribution in [0.15, 0.2) is 47.4 Å². The summed E-state index contributed by atoms with van der Waals surface area (Å²) in [5, 5.41) is 0. The van der Waals surface area contributed by atoms with Crippen LogP contribution in [0.5, 0.6) is 11.5 Å². The zero-order valence-corrected chi connectivity index (χ0v) is 16.0. The van der Waals surface area contributed by atoms with Crippen LogP contribution in [0.2, 0.25) is 0 Å². The molecule has 1 heterocycles. The number of nitrogens with zero attached hydrogens (tertiary/aromatic N) is 1. The Morgan fingerprint density at radius 1 is 1.08 bits per heavy atom. The fraction of sp³-hybridized carbons (Fsp3) is 0.368.